The molecule has 1 aliphatic carbocycles. The molecular formula is C30H37N2O8P2+. The van der Waals surface area contributed by atoms with Gasteiger partial charge in [-0.1, -0.05) is 19.9 Å². The summed E-state index contributed by atoms with van der Waals surface area (Å²) in [6.07, 6.45) is 2.42. The number of aliphatic hydroxyl groups is 1. The molecule has 2 atom stereocenters. The highest BCUT2D eigenvalue weighted by Crippen LogP contribution is 2.50. The van der Waals surface area contributed by atoms with E-state index in [1.165, 1.54) is 24.3 Å². The first-order valence-electron chi connectivity index (χ1n) is 13.9. The minimum atomic E-state index is -4.46. The molecule has 2 aromatic rings. The number of likely N-dealkylation sites (N-methyl/N-ethyl adjacent to an activating group) is 1. The lowest BCUT2D eigenvalue weighted by atomic mass is 9.71. The fourth-order valence-corrected chi connectivity index (χ4v) is 7.68. The van der Waals surface area contributed by atoms with Gasteiger partial charge in [0.05, 0.1) is 28.0 Å². The number of nitrogens with zero attached hydrogens (tertiary/aromatic N) is 2. The highest BCUT2D eigenvalue weighted by molar-refractivity contribution is 7.60. The van der Waals surface area contributed by atoms with Gasteiger partial charge in [0.2, 0.25) is 5.69 Å². The minimum absolute atomic E-state index is 0.0674. The van der Waals surface area contributed by atoms with Gasteiger partial charge in [-0.05, 0) is 63.6 Å². The molecule has 1 fully saturated rings. The molecule has 5 N–H and O–H groups in total. The molecule has 0 amide bonds. The van der Waals surface area contributed by atoms with Gasteiger partial charge >= 0.3 is 15.2 Å². The lowest BCUT2D eigenvalue weighted by Crippen LogP contribution is -2.46. The summed E-state index contributed by atoms with van der Waals surface area (Å²) in [6, 6.07) is 9.26. The Kier molecular flexibility index (Phi) is 7.27. The smallest absolute Gasteiger partial charge is 0.356 e. The van der Waals surface area contributed by atoms with Crippen molar-refractivity contribution in [2.24, 2.45) is 5.92 Å². The van der Waals surface area contributed by atoms with Crippen LogP contribution in [0.5, 0.6) is 0 Å². The van der Waals surface area contributed by atoms with Gasteiger partial charge in [-0.3, -0.25) is 13.9 Å². The van der Waals surface area contributed by atoms with E-state index in [4.69, 9.17) is 0 Å². The van der Waals surface area contributed by atoms with Crippen molar-refractivity contribution in [2.45, 2.75) is 58.5 Å². The third-order valence-electron chi connectivity index (χ3n) is 8.93. The van der Waals surface area contributed by atoms with Crippen molar-refractivity contribution in [3.63, 3.8) is 0 Å². The number of hydrogen-bond acceptors (Lipinski definition) is 5. The molecule has 1 saturated carbocycles. The molecule has 2 heterocycles. The van der Waals surface area contributed by atoms with E-state index in [-0.39, 0.29) is 22.0 Å². The highest BCUT2D eigenvalue weighted by Gasteiger charge is 2.50. The molecule has 0 spiro atoms. The van der Waals surface area contributed by atoms with E-state index >= 15 is 0 Å². The summed E-state index contributed by atoms with van der Waals surface area (Å²) in [4.78, 5) is 54.5. The molecule has 12 heteroatoms. The largest absolute Gasteiger partial charge is 0.387 e. The summed E-state index contributed by atoms with van der Waals surface area (Å²) in [5, 5.41) is 11.1. The fraction of sp³-hybridized carbons (Fsp3) is 0.400. The molecular weight excluding hydrogens is 578 g/mol. The van der Waals surface area contributed by atoms with E-state index < -0.39 is 38.0 Å². The first-order valence-corrected chi connectivity index (χ1v) is 17.1. The lowest BCUT2D eigenvalue weighted by molar-refractivity contribution is -0.433. The predicted molar refractivity (Wildman–Crippen MR) is 161 cm³/mol. The van der Waals surface area contributed by atoms with Gasteiger partial charge in [-0.15, -0.1) is 0 Å². The van der Waals surface area contributed by atoms with E-state index in [9.17, 15) is 38.6 Å². The molecule has 2 unspecified atom stereocenters. The summed E-state index contributed by atoms with van der Waals surface area (Å²) in [6.45, 7) is 12.7. The molecule has 5 rings (SSSR count). The summed E-state index contributed by atoms with van der Waals surface area (Å²) in [5.74, 6) is -1.01. The number of ketones is 1. The summed E-state index contributed by atoms with van der Waals surface area (Å²) >= 11 is 0. The number of carbonyl (C=O) groups is 1. The Labute approximate surface area is 245 Å². The lowest BCUT2D eigenvalue weighted by Gasteiger charge is -2.35. The van der Waals surface area contributed by atoms with Crippen molar-refractivity contribution in [3.05, 3.63) is 70.9 Å². The van der Waals surface area contributed by atoms with Crippen molar-refractivity contribution in [1.29, 1.82) is 0 Å². The third-order valence-corrected chi connectivity index (χ3v) is 10.8. The van der Waals surface area contributed by atoms with Crippen LogP contribution in [0, 0.1) is 5.92 Å². The predicted octanol–water partition coefficient (Wildman–Crippen LogP) is 2.88. The van der Waals surface area contributed by atoms with Crippen LogP contribution >= 0.6 is 15.2 Å². The van der Waals surface area contributed by atoms with E-state index in [0.29, 0.717) is 13.1 Å². The average molecular weight is 616 g/mol. The number of anilines is 1. The Hall–Kier alpha value is -2.68. The molecule has 0 aromatic heterocycles. The minimum Gasteiger partial charge on any atom is -0.387 e. The van der Waals surface area contributed by atoms with Gasteiger partial charge < -0.3 is 29.6 Å². The van der Waals surface area contributed by atoms with Gasteiger partial charge in [-0.2, -0.15) is 4.58 Å². The fourth-order valence-electron chi connectivity index (χ4n) is 6.55. The van der Waals surface area contributed by atoms with Crippen molar-refractivity contribution in [1.82, 2.24) is 0 Å². The second-order valence-electron chi connectivity index (χ2n) is 12.1. The van der Waals surface area contributed by atoms with Gasteiger partial charge in [0, 0.05) is 46.6 Å². The van der Waals surface area contributed by atoms with Crippen LogP contribution in [-0.2, 0) is 24.8 Å². The normalized spacial score (nSPS) is 24.8. The van der Waals surface area contributed by atoms with Crippen molar-refractivity contribution >= 4 is 48.7 Å². The zero-order valence-corrected chi connectivity index (χ0v) is 26.2. The molecule has 0 radical (unpaired) electrons. The molecule has 0 saturated heterocycles. The quantitative estimate of drug-likeness (QED) is 0.187. The second kappa shape index (κ2) is 9.93. The molecule has 0 bridgehead atoms. The van der Waals surface area contributed by atoms with E-state index in [1.54, 1.807) is 24.3 Å². The summed E-state index contributed by atoms with van der Waals surface area (Å²) < 4.78 is 25.9. The van der Waals surface area contributed by atoms with Gasteiger partial charge in [0.25, 0.3) is 0 Å². The van der Waals surface area contributed by atoms with Crippen molar-refractivity contribution < 1.29 is 43.2 Å². The van der Waals surface area contributed by atoms with Crippen molar-refractivity contribution in [3.8, 4) is 0 Å². The topological polar surface area (TPSA) is 159 Å². The molecule has 10 nitrogen and oxygen atoms in total. The van der Waals surface area contributed by atoms with Crippen LogP contribution in [-0.4, -0.2) is 59.9 Å². The van der Waals surface area contributed by atoms with E-state index in [1.807, 2.05) is 51.0 Å². The maximum absolute atomic E-state index is 13.5. The number of benzene rings is 2. The van der Waals surface area contributed by atoms with Crippen LogP contribution < -0.4 is 15.5 Å². The Bertz CT molecular complexity index is 1710. The number of aliphatic hydroxyl groups excluding tert-OH is 1. The van der Waals surface area contributed by atoms with Gasteiger partial charge in [-0.25, -0.2) is 0 Å². The van der Waals surface area contributed by atoms with Crippen molar-refractivity contribution in [2.75, 3.05) is 18.0 Å². The zero-order valence-electron chi connectivity index (χ0n) is 24.4. The summed E-state index contributed by atoms with van der Waals surface area (Å²) in [7, 11) is -8.91. The average Bonchev–Trinajstić information content (AvgIpc) is 3.26. The monoisotopic (exact) mass is 615 g/mol. The first-order chi connectivity index (χ1) is 19.3. The number of fused-ring (bicyclic) bond motifs is 2. The number of Topliss-reactive ketones (excluding diaryl/α,β-unsaturated/α-hetero) is 1. The van der Waals surface area contributed by atoms with Gasteiger partial charge in [0.15, 0.2) is 11.5 Å². The van der Waals surface area contributed by atoms with Crippen LogP contribution in [0.2, 0.25) is 0 Å². The second-order valence-corrected chi connectivity index (χ2v) is 15.3. The Balaban J connectivity index is 1.50. The Morgan fingerprint density at radius 2 is 1.48 bits per heavy atom. The Morgan fingerprint density at radius 3 is 2.00 bits per heavy atom. The van der Waals surface area contributed by atoms with Crippen LogP contribution in [0.4, 0.5) is 11.4 Å². The Morgan fingerprint density at radius 1 is 0.905 bits per heavy atom. The van der Waals surface area contributed by atoms with Crippen LogP contribution in [0.25, 0.3) is 0 Å². The molecule has 2 aromatic carbocycles. The summed E-state index contributed by atoms with van der Waals surface area (Å²) in [5.41, 5.74) is 3.51. The maximum Gasteiger partial charge on any atom is 0.356 e. The van der Waals surface area contributed by atoms with Gasteiger partial charge in [0.1, 0.15) is 6.54 Å². The van der Waals surface area contributed by atoms with E-state index in [0.717, 1.165) is 33.9 Å². The number of allylic oxidation sites excluding steroid dienone is 2. The molecule has 3 aliphatic rings. The standard InChI is InChI=1S/C30H36N2O8P2/c1-7-31-23-11-9-17(41(35,36)37)13-21(23)29(3,4)25(31)15-19-27(33)20(28(19)34)16-26-30(5,6)22-14-18(42(38,39)40)10-12-24(22)32(26)8-2/h9-16,19,27,33H,7-8H2,1-6H3,(H3-,35,36,37,38,39,40)/p+1. The third kappa shape index (κ3) is 4.61. The maximum atomic E-state index is 13.5. The highest BCUT2D eigenvalue weighted by atomic mass is 31.2. The van der Waals surface area contributed by atoms with Crippen LogP contribution in [0.1, 0.15) is 52.7 Å². The molecule has 224 valence electrons. The zero-order chi connectivity index (χ0) is 31.2. The molecule has 2 aliphatic heterocycles. The van der Waals surface area contributed by atoms with E-state index in [2.05, 4.69) is 0 Å². The first kappa shape index (κ1) is 30.8. The van der Waals surface area contributed by atoms with Crippen LogP contribution in [0.3, 0.4) is 0 Å². The SMILES string of the molecule is CCN1C(=CC2C(=O)C(=CC3=[N+](CC)c4ccc(P(=O)(O)O)cc4C3(C)C)C2O)C(C)(C)c2cc(P(=O)(O)O)ccc21. The van der Waals surface area contributed by atoms with Crippen LogP contribution in [0.15, 0.2) is 59.8 Å². The number of carbonyl (C=O) groups excluding carboxylic acids is 1. The number of hydrogen-bond donors (Lipinski definition) is 5. The molecule has 42 heavy (non-hydrogen) atoms. The number of rotatable bonds is 6.